The quantitative estimate of drug-likeness (QED) is 0.831. The molecule has 4 nitrogen and oxygen atoms in total. The summed E-state index contributed by atoms with van der Waals surface area (Å²) in [5.74, 6) is -0.427. The number of amides is 2. The average Bonchev–Trinajstić information content (AvgIpc) is 2.55. The number of hydrogen-bond donors (Lipinski definition) is 2. The summed E-state index contributed by atoms with van der Waals surface area (Å²) in [6, 6.07) is 0.0609. The molecule has 0 aromatic carbocycles. The summed E-state index contributed by atoms with van der Waals surface area (Å²) in [5, 5.41) is 5.41. The van der Waals surface area contributed by atoms with Gasteiger partial charge >= 0.3 is 0 Å². The number of rotatable bonds is 4. The maximum atomic E-state index is 11.7. The van der Waals surface area contributed by atoms with Gasteiger partial charge in [-0.15, -0.1) is 0 Å². The van der Waals surface area contributed by atoms with Gasteiger partial charge in [0.2, 0.25) is 11.8 Å². The van der Waals surface area contributed by atoms with Crippen LogP contribution in [-0.4, -0.2) is 29.7 Å². The molecule has 0 aromatic heterocycles. The van der Waals surface area contributed by atoms with Crippen molar-refractivity contribution in [1.29, 1.82) is 0 Å². The number of allylic oxidation sites excluding steroid dienone is 1. The zero-order valence-corrected chi connectivity index (χ0v) is 11.9. The van der Waals surface area contributed by atoms with Crippen molar-refractivity contribution in [1.82, 2.24) is 10.6 Å². The Hall–Kier alpha value is -0.390. The van der Waals surface area contributed by atoms with Gasteiger partial charge in [0.1, 0.15) is 0 Å². The lowest BCUT2D eigenvalue weighted by atomic mass is 10.3. The van der Waals surface area contributed by atoms with E-state index in [1.165, 1.54) is 11.8 Å². The fourth-order valence-corrected chi connectivity index (χ4v) is 2.95. The lowest BCUT2D eigenvalue weighted by molar-refractivity contribution is -0.126. The van der Waals surface area contributed by atoms with Crippen molar-refractivity contribution < 1.29 is 9.59 Å². The van der Waals surface area contributed by atoms with E-state index in [0.717, 1.165) is 0 Å². The molecule has 7 heteroatoms. The summed E-state index contributed by atoms with van der Waals surface area (Å²) in [6.45, 7) is 3.69. The third-order valence-corrected chi connectivity index (χ3v) is 4.15. The van der Waals surface area contributed by atoms with Gasteiger partial charge in [-0.05, 0) is 13.8 Å². The van der Waals surface area contributed by atoms with Crippen LogP contribution in [0.2, 0.25) is 0 Å². The highest BCUT2D eigenvalue weighted by Gasteiger charge is 2.29. The first-order valence-corrected chi connectivity index (χ1v) is 6.81. The molecule has 0 aliphatic carbocycles. The Bertz CT molecular complexity index is 344. The fourth-order valence-electron chi connectivity index (χ4n) is 1.27. The number of halogens is 2. The maximum absolute atomic E-state index is 11.7. The summed E-state index contributed by atoms with van der Waals surface area (Å²) < 4.78 is 0.457. The van der Waals surface area contributed by atoms with Crippen LogP contribution in [0.3, 0.4) is 0 Å². The number of carbonyl (C=O) groups is 2. The van der Waals surface area contributed by atoms with Crippen LogP contribution in [-0.2, 0) is 9.59 Å². The Morgan fingerprint density at radius 1 is 1.47 bits per heavy atom. The van der Waals surface area contributed by atoms with Crippen molar-refractivity contribution in [2.75, 3.05) is 6.54 Å². The predicted molar refractivity (Wildman–Crippen MR) is 71.0 cm³/mol. The molecule has 1 heterocycles. The van der Waals surface area contributed by atoms with E-state index in [1.807, 2.05) is 13.8 Å². The van der Waals surface area contributed by atoms with Crippen molar-refractivity contribution in [3.05, 3.63) is 9.40 Å². The van der Waals surface area contributed by atoms with E-state index in [2.05, 4.69) is 10.6 Å². The van der Waals surface area contributed by atoms with Crippen LogP contribution in [0.15, 0.2) is 9.40 Å². The van der Waals surface area contributed by atoms with Gasteiger partial charge < -0.3 is 10.6 Å². The Morgan fingerprint density at radius 3 is 2.59 bits per heavy atom. The lowest BCUT2D eigenvalue weighted by Gasteiger charge is -2.11. The van der Waals surface area contributed by atoms with E-state index in [1.54, 1.807) is 0 Å². The van der Waals surface area contributed by atoms with Gasteiger partial charge in [0.15, 0.2) is 0 Å². The van der Waals surface area contributed by atoms with Gasteiger partial charge in [0.25, 0.3) is 0 Å². The van der Waals surface area contributed by atoms with Gasteiger partial charge in [0.05, 0.1) is 16.2 Å². The molecule has 0 fully saturated rings. The summed E-state index contributed by atoms with van der Waals surface area (Å²) in [6.07, 6.45) is 0.419. The van der Waals surface area contributed by atoms with Crippen LogP contribution < -0.4 is 10.6 Å². The first-order valence-electron chi connectivity index (χ1n) is 5.18. The van der Waals surface area contributed by atoms with Crippen LogP contribution in [0.25, 0.3) is 0 Å². The maximum Gasteiger partial charge on any atom is 0.239 e. The van der Waals surface area contributed by atoms with E-state index in [9.17, 15) is 9.59 Å². The third kappa shape index (κ3) is 4.77. The number of carbonyl (C=O) groups excluding carboxylic acids is 2. The molecule has 1 rings (SSSR count). The molecule has 1 aliphatic rings. The second-order valence-corrected chi connectivity index (χ2v) is 6.20. The van der Waals surface area contributed by atoms with Crippen molar-refractivity contribution in [2.45, 2.75) is 31.6 Å². The Labute approximate surface area is 114 Å². The van der Waals surface area contributed by atoms with Crippen LogP contribution in [0.5, 0.6) is 0 Å². The highest BCUT2D eigenvalue weighted by molar-refractivity contribution is 8.06. The highest BCUT2D eigenvalue weighted by Crippen LogP contribution is 2.41. The van der Waals surface area contributed by atoms with E-state index in [4.69, 9.17) is 23.2 Å². The fraction of sp³-hybridized carbons (Fsp3) is 0.600. The largest absolute Gasteiger partial charge is 0.352 e. The minimum atomic E-state index is -0.332. The Balaban J connectivity index is 2.30. The monoisotopic (exact) mass is 296 g/mol. The van der Waals surface area contributed by atoms with Crippen LogP contribution in [0, 0.1) is 0 Å². The SMILES string of the molecule is CC(C)NC(=O)CNC(=O)C1CC(Cl)=C(Cl)S1. The van der Waals surface area contributed by atoms with Crippen molar-refractivity contribution in [3.63, 3.8) is 0 Å². The topological polar surface area (TPSA) is 58.2 Å². The summed E-state index contributed by atoms with van der Waals surface area (Å²) >= 11 is 12.8. The second kappa shape index (κ2) is 6.52. The molecule has 0 saturated carbocycles. The molecular formula is C10H14Cl2N2O2S. The summed E-state index contributed by atoms with van der Waals surface area (Å²) in [4.78, 5) is 23.0. The molecule has 1 aliphatic heterocycles. The highest BCUT2D eigenvalue weighted by atomic mass is 35.5. The van der Waals surface area contributed by atoms with Crippen molar-refractivity contribution in [3.8, 4) is 0 Å². The Morgan fingerprint density at radius 2 is 2.12 bits per heavy atom. The number of hydrogen-bond acceptors (Lipinski definition) is 3. The van der Waals surface area contributed by atoms with Crippen molar-refractivity contribution in [2.24, 2.45) is 0 Å². The molecule has 96 valence electrons. The van der Waals surface area contributed by atoms with Gasteiger partial charge in [-0.25, -0.2) is 0 Å². The van der Waals surface area contributed by atoms with Crippen molar-refractivity contribution >= 4 is 46.8 Å². The lowest BCUT2D eigenvalue weighted by Crippen LogP contribution is -2.42. The number of nitrogens with one attached hydrogen (secondary N) is 2. The molecule has 0 aromatic rings. The molecule has 1 atom stereocenters. The molecule has 17 heavy (non-hydrogen) atoms. The molecule has 0 spiro atoms. The molecule has 2 N–H and O–H groups in total. The van der Waals surface area contributed by atoms with Gasteiger partial charge in [0, 0.05) is 17.5 Å². The van der Waals surface area contributed by atoms with Crippen LogP contribution >= 0.6 is 35.0 Å². The van der Waals surface area contributed by atoms with E-state index in [-0.39, 0.29) is 29.7 Å². The van der Waals surface area contributed by atoms with E-state index < -0.39 is 0 Å². The second-order valence-electron chi connectivity index (χ2n) is 3.93. The van der Waals surface area contributed by atoms with Crippen LogP contribution in [0.1, 0.15) is 20.3 Å². The first kappa shape index (κ1) is 14.7. The zero-order chi connectivity index (χ0) is 13.0. The van der Waals surface area contributed by atoms with E-state index >= 15 is 0 Å². The van der Waals surface area contributed by atoms with E-state index in [0.29, 0.717) is 15.8 Å². The zero-order valence-electron chi connectivity index (χ0n) is 9.55. The minimum Gasteiger partial charge on any atom is -0.352 e. The molecular weight excluding hydrogens is 283 g/mol. The standard InChI is InChI=1S/C10H14Cl2N2O2S/c1-5(2)14-8(15)4-13-10(16)7-3-6(11)9(12)17-7/h5,7H,3-4H2,1-2H3,(H,13,16)(H,14,15). The molecule has 1 unspecified atom stereocenters. The molecule has 2 amide bonds. The molecule has 0 radical (unpaired) electrons. The van der Waals surface area contributed by atoms with Gasteiger partial charge in [-0.1, -0.05) is 35.0 Å². The predicted octanol–water partition coefficient (Wildman–Crippen LogP) is 1.78. The molecule has 0 bridgehead atoms. The minimum absolute atomic E-state index is 0.0245. The smallest absolute Gasteiger partial charge is 0.239 e. The average molecular weight is 297 g/mol. The normalized spacial score (nSPS) is 19.7. The molecule has 0 saturated heterocycles. The first-order chi connectivity index (χ1) is 7.90. The van der Waals surface area contributed by atoms with Gasteiger partial charge in [-0.2, -0.15) is 0 Å². The Kier molecular flexibility index (Phi) is 5.62. The third-order valence-electron chi connectivity index (χ3n) is 1.99. The number of thioether (sulfide) groups is 1. The summed E-state index contributed by atoms with van der Waals surface area (Å²) in [5.41, 5.74) is 0. The van der Waals surface area contributed by atoms with Gasteiger partial charge in [-0.3, -0.25) is 9.59 Å². The van der Waals surface area contributed by atoms with Crippen LogP contribution in [0.4, 0.5) is 0 Å². The summed E-state index contributed by atoms with van der Waals surface area (Å²) in [7, 11) is 0.